The Balaban J connectivity index is 1.63. The van der Waals surface area contributed by atoms with Gasteiger partial charge in [0.05, 0.1) is 16.8 Å². The summed E-state index contributed by atoms with van der Waals surface area (Å²) < 4.78 is 0.878. The fourth-order valence-corrected chi connectivity index (χ4v) is 2.68. The number of hydroxylamine groups is 1. The van der Waals surface area contributed by atoms with Crippen molar-refractivity contribution < 1.29 is 9.63 Å². The van der Waals surface area contributed by atoms with Crippen LogP contribution in [0.1, 0.15) is 15.9 Å². The SMILES string of the molecule is Nc1nc2ccc(C(=O)NOCc3ccccc3)cc2s1. The summed E-state index contributed by atoms with van der Waals surface area (Å²) in [5.41, 5.74) is 10.4. The number of hydrogen-bond acceptors (Lipinski definition) is 5. The number of nitrogens with one attached hydrogen (secondary N) is 1. The highest BCUT2D eigenvalue weighted by atomic mass is 32.1. The number of rotatable bonds is 4. The van der Waals surface area contributed by atoms with E-state index in [1.165, 1.54) is 11.3 Å². The maximum atomic E-state index is 12.0. The van der Waals surface area contributed by atoms with Crippen molar-refractivity contribution in [1.29, 1.82) is 0 Å². The number of nitrogens with zero attached hydrogens (tertiary/aromatic N) is 1. The van der Waals surface area contributed by atoms with Crippen LogP contribution in [0, 0.1) is 0 Å². The molecule has 0 bridgehead atoms. The molecule has 106 valence electrons. The Labute approximate surface area is 125 Å². The molecule has 2 aromatic carbocycles. The van der Waals surface area contributed by atoms with Crippen LogP contribution in [-0.2, 0) is 11.4 Å². The minimum absolute atomic E-state index is 0.292. The summed E-state index contributed by atoms with van der Waals surface area (Å²) in [4.78, 5) is 21.4. The number of fused-ring (bicyclic) bond motifs is 1. The fourth-order valence-electron chi connectivity index (χ4n) is 1.90. The molecular formula is C15H13N3O2S. The van der Waals surface area contributed by atoms with E-state index in [-0.39, 0.29) is 5.91 Å². The van der Waals surface area contributed by atoms with Crippen molar-refractivity contribution in [3.05, 3.63) is 59.7 Å². The van der Waals surface area contributed by atoms with E-state index in [1.54, 1.807) is 18.2 Å². The topological polar surface area (TPSA) is 77.2 Å². The van der Waals surface area contributed by atoms with Crippen LogP contribution in [0.15, 0.2) is 48.5 Å². The van der Waals surface area contributed by atoms with Crippen LogP contribution in [0.5, 0.6) is 0 Å². The molecule has 0 atom stereocenters. The van der Waals surface area contributed by atoms with E-state index in [4.69, 9.17) is 10.6 Å². The number of benzene rings is 2. The number of amides is 1. The van der Waals surface area contributed by atoms with Gasteiger partial charge in [-0.15, -0.1) is 0 Å². The standard InChI is InChI=1S/C15H13N3O2S/c16-15-17-12-7-6-11(8-13(12)21-15)14(19)18-20-9-10-4-2-1-3-5-10/h1-8H,9H2,(H2,16,17)(H,18,19). The second kappa shape index (κ2) is 5.90. The predicted molar refractivity (Wildman–Crippen MR) is 82.7 cm³/mol. The molecule has 0 aliphatic carbocycles. The predicted octanol–water partition coefficient (Wildman–Crippen LogP) is 2.74. The van der Waals surface area contributed by atoms with E-state index in [0.717, 1.165) is 15.8 Å². The molecule has 5 nitrogen and oxygen atoms in total. The summed E-state index contributed by atoms with van der Waals surface area (Å²) in [5.74, 6) is -0.292. The molecule has 0 saturated carbocycles. The lowest BCUT2D eigenvalue weighted by Gasteiger charge is -2.06. The molecule has 3 aromatic rings. The summed E-state index contributed by atoms with van der Waals surface area (Å²) in [5, 5.41) is 0.489. The second-order valence-electron chi connectivity index (χ2n) is 4.44. The number of carbonyl (C=O) groups excluding carboxylic acids is 1. The van der Waals surface area contributed by atoms with Crippen molar-refractivity contribution in [1.82, 2.24) is 10.5 Å². The normalized spacial score (nSPS) is 10.7. The third kappa shape index (κ3) is 3.18. The van der Waals surface area contributed by atoms with Gasteiger partial charge in [0.15, 0.2) is 5.13 Å². The van der Waals surface area contributed by atoms with E-state index >= 15 is 0 Å². The van der Waals surface area contributed by atoms with Gasteiger partial charge in [-0.25, -0.2) is 10.5 Å². The number of anilines is 1. The second-order valence-corrected chi connectivity index (χ2v) is 5.50. The number of aromatic nitrogens is 1. The molecule has 1 amide bonds. The Morgan fingerprint density at radius 2 is 2.05 bits per heavy atom. The lowest BCUT2D eigenvalue weighted by Crippen LogP contribution is -2.23. The molecule has 0 aliphatic heterocycles. The van der Waals surface area contributed by atoms with Gasteiger partial charge in [0.25, 0.3) is 5.91 Å². The van der Waals surface area contributed by atoms with Crippen LogP contribution in [0.2, 0.25) is 0 Å². The molecule has 6 heteroatoms. The lowest BCUT2D eigenvalue weighted by molar-refractivity contribution is 0.0233. The summed E-state index contributed by atoms with van der Waals surface area (Å²) in [7, 11) is 0. The molecular weight excluding hydrogens is 286 g/mol. The van der Waals surface area contributed by atoms with Crippen molar-refractivity contribution in [2.45, 2.75) is 6.61 Å². The summed E-state index contributed by atoms with van der Waals surface area (Å²) in [6.45, 7) is 0.322. The monoisotopic (exact) mass is 299 g/mol. The Morgan fingerprint density at radius 3 is 2.86 bits per heavy atom. The van der Waals surface area contributed by atoms with Crippen LogP contribution < -0.4 is 11.2 Å². The van der Waals surface area contributed by atoms with Crippen molar-refractivity contribution in [3.63, 3.8) is 0 Å². The van der Waals surface area contributed by atoms with Gasteiger partial charge >= 0.3 is 0 Å². The van der Waals surface area contributed by atoms with Gasteiger partial charge in [0, 0.05) is 5.56 Å². The number of hydrogen-bond donors (Lipinski definition) is 2. The largest absolute Gasteiger partial charge is 0.375 e. The molecule has 0 spiro atoms. The minimum Gasteiger partial charge on any atom is -0.375 e. The Hall–Kier alpha value is -2.44. The van der Waals surface area contributed by atoms with E-state index < -0.39 is 0 Å². The van der Waals surface area contributed by atoms with Crippen molar-refractivity contribution in [2.75, 3.05) is 5.73 Å². The Morgan fingerprint density at radius 1 is 1.24 bits per heavy atom. The molecule has 0 aliphatic rings. The molecule has 1 heterocycles. The zero-order valence-electron chi connectivity index (χ0n) is 11.1. The average Bonchev–Trinajstić information content (AvgIpc) is 2.87. The molecule has 0 unspecified atom stereocenters. The smallest absolute Gasteiger partial charge is 0.274 e. The first-order valence-corrected chi connectivity index (χ1v) is 7.16. The van der Waals surface area contributed by atoms with Gasteiger partial charge in [-0.1, -0.05) is 41.7 Å². The van der Waals surface area contributed by atoms with Gasteiger partial charge in [-0.05, 0) is 23.8 Å². The molecule has 1 aromatic heterocycles. The Kier molecular flexibility index (Phi) is 3.81. The van der Waals surface area contributed by atoms with Gasteiger partial charge in [0.2, 0.25) is 0 Å². The maximum absolute atomic E-state index is 12.0. The summed E-state index contributed by atoms with van der Waals surface area (Å²) in [6, 6.07) is 14.8. The van der Waals surface area contributed by atoms with E-state index in [1.807, 2.05) is 30.3 Å². The van der Waals surface area contributed by atoms with Crippen LogP contribution in [0.4, 0.5) is 5.13 Å². The quantitative estimate of drug-likeness (QED) is 0.726. The van der Waals surface area contributed by atoms with Crippen molar-refractivity contribution in [3.8, 4) is 0 Å². The molecule has 0 saturated heterocycles. The van der Waals surface area contributed by atoms with Crippen LogP contribution in [0.3, 0.4) is 0 Å². The molecule has 3 rings (SSSR count). The number of thiazole rings is 1. The summed E-state index contributed by atoms with van der Waals surface area (Å²) in [6.07, 6.45) is 0. The van der Waals surface area contributed by atoms with E-state index in [2.05, 4.69) is 10.5 Å². The van der Waals surface area contributed by atoms with Gasteiger partial charge in [-0.3, -0.25) is 9.63 Å². The lowest BCUT2D eigenvalue weighted by atomic mass is 10.2. The van der Waals surface area contributed by atoms with Gasteiger partial charge < -0.3 is 5.73 Å². The third-order valence-electron chi connectivity index (χ3n) is 2.91. The highest BCUT2D eigenvalue weighted by Crippen LogP contribution is 2.24. The summed E-state index contributed by atoms with van der Waals surface area (Å²) >= 11 is 1.35. The third-order valence-corrected chi connectivity index (χ3v) is 3.76. The van der Waals surface area contributed by atoms with E-state index in [0.29, 0.717) is 17.3 Å². The fraction of sp³-hybridized carbons (Fsp3) is 0.0667. The molecule has 21 heavy (non-hydrogen) atoms. The Bertz CT molecular complexity index is 771. The van der Waals surface area contributed by atoms with Crippen molar-refractivity contribution >= 4 is 32.6 Å². The average molecular weight is 299 g/mol. The minimum atomic E-state index is -0.292. The van der Waals surface area contributed by atoms with Crippen molar-refractivity contribution in [2.24, 2.45) is 0 Å². The number of carbonyl (C=O) groups is 1. The van der Waals surface area contributed by atoms with Gasteiger partial charge in [0.1, 0.15) is 0 Å². The van der Waals surface area contributed by atoms with Crippen LogP contribution in [0.25, 0.3) is 10.2 Å². The highest BCUT2D eigenvalue weighted by Gasteiger charge is 2.08. The first-order valence-electron chi connectivity index (χ1n) is 6.34. The zero-order valence-corrected chi connectivity index (χ0v) is 11.9. The first-order chi connectivity index (χ1) is 10.2. The van der Waals surface area contributed by atoms with Crippen LogP contribution >= 0.6 is 11.3 Å². The zero-order chi connectivity index (χ0) is 14.7. The highest BCUT2D eigenvalue weighted by molar-refractivity contribution is 7.22. The first kappa shape index (κ1) is 13.5. The molecule has 0 fully saturated rings. The molecule has 3 N–H and O–H groups in total. The van der Waals surface area contributed by atoms with Crippen LogP contribution in [-0.4, -0.2) is 10.9 Å². The van der Waals surface area contributed by atoms with Gasteiger partial charge in [-0.2, -0.15) is 0 Å². The van der Waals surface area contributed by atoms with E-state index in [9.17, 15) is 4.79 Å². The number of nitrogens with two attached hydrogens (primary N) is 1. The number of nitrogen functional groups attached to an aromatic ring is 1. The maximum Gasteiger partial charge on any atom is 0.274 e. The molecule has 0 radical (unpaired) electrons.